The van der Waals surface area contributed by atoms with E-state index in [1.54, 1.807) is 0 Å². The van der Waals surface area contributed by atoms with Crippen LogP contribution in [0.1, 0.15) is 67.5 Å². The third kappa shape index (κ3) is 7.16. The van der Waals surface area contributed by atoms with E-state index < -0.39 is 5.41 Å². The number of hydrogen-bond donors (Lipinski definition) is 0. The lowest BCUT2D eigenvalue weighted by atomic mass is 9.67. The molecule has 3 nitrogen and oxygen atoms in total. The molecule has 2 aliphatic heterocycles. The van der Waals surface area contributed by atoms with E-state index in [-0.39, 0.29) is 11.8 Å². The monoisotopic (exact) mass is 1240 g/mol. The van der Waals surface area contributed by atoms with Crippen LogP contribution in [0.4, 0.5) is 0 Å². The fourth-order valence-electron chi connectivity index (χ4n) is 18.5. The molecule has 0 bridgehead atoms. The van der Waals surface area contributed by atoms with Gasteiger partial charge in [-0.15, -0.1) is 0 Å². The third-order valence-corrected chi connectivity index (χ3v) is 22.3. The topological polar surface area (TPSA) is 31.6 Å². The molecule has 1 atom stereocenters. The highest BCUT2D eigenvalue weighted by atomic mass is 16.5. The lowest BCUT2D eigenvalue weighted by Crippen LogP contribution is -2.28. The van der Waals surface area contributed by atoms with E-state index in [2.05, 4.69) is 328 Å². The van der Waals surface area contributed by atoms with Crippen molar-refractivity contribution in [2.24, 2.45) is 0 Å². The molecule has 0 radical (unpaired) electrons. The second kappa shape index (κ2) is 20.2. The number of rotatable bonds is 5. The molecule has 454 valence electrons. The summed E-state index contributed by atoms with van der Waals surface area (Å²) in [6.07, 6.45) is 0. The van der Waals surface area contributed by atoms with Crippen molar-refractivity contribution in [1.29, 1.82) is 0 Å². The van der Waals surface area contributed by atoms with E-state index in [9.17, 15) is 0 Å². The van der Waals surface area contributed by atoms with E-state index in [1.807, 2.05) is 0 Å². The first-order valence-corrected chi connectivity index (χ1v) is 34.1. The zero-order valence-electron chi connectivity index (χ0n) is 53.1. The highest BCUT2D eigenvalue weighted by molar-refractivity contribution is 6.21. The van der Waals surface area contributed by atoms with Crippen molar-refractivity contribution in [1.82, 2.24) is 0 Å². The maximum absolute atomic E-state index is 7.95. The summed E-state index contributed by atoms with van der Waals surface area (Å²) < 4.78 is 23.0. The van der Waals surface area contributed by atoms with Gasteiger partial charge in [0.1, 0.15) is 34.2 Å². The third-order valence-electron chi connectivity index (χ3n) is 22.3. The molecule has 1 aromatic heterocycles. The molecule has 0 spiro atoms. The largest absolute Gasteiger partial charge is 0.456 e. The minimum absolute atomic E-state index is 0.259. The molecule has 0 N–H and O–H groups in total. The second-order valence-electron chi connectivity index (χ2n) is 27.0. The van der Waals surface area contributed by atoms with Gasteiger partial charge in [0.15, 0.2) is 0 Å². The summed E-state index contributed by atoms with van der Waals surface area (Å²) in [4.78, 5) is 0. The Balaban J connectivity index is 0.803. The van der Waals surface area contributed by atoms with Crippen molar-refractivity contribution < 1.29 is 13.9 Å². The van der Waals surface area contributed by atoms with Crippen LogP contribution in [0, 0.1) is 0 Å². The SMILES string of the molecule is c1ccc(C2(c3ccccc3)c3ccccc3-c3ccc(C4c5c(c6ccccc6c6ccccc56)Oc5c4c4ccccc4c4ccc(-c6cccc7oc8c(C9c%10c(c%11ccccc%11c%11ccccc%10%11)Oc%10c9c9ccccc9c9ccccc%109)cccc8c67)cc54)cc32)cc1. The van der Waals surface area contributed by atoms with Gasteiger partial charge in [-0.3, -0.25) is 0 Å². The molecule has 3 heteroatoms. The van der Waals surface area contributed by atoms with Crippen molar-refractivity contribution in [3.8, 4) is 45.3 Å². The Morgan fingerprint density at radius 3 is 1.15 bits per heavy atom. The van der Waals surface area contributed by atoms with Gasteiger partial charge >= 0.3 is 0 Å². The first-order chi connectivity index (χ1) is 48.7. The van der Waals surface area contributed by atoms with E-state index in [1.165, 1.54) is 93.0 Å². The summed E-state index contributed by atoms with van der Waals surface area (Å²) in [5.74, 6) is 3.02. The minimum Gasteiger partial charge on any atom is -0.456 e. The van der Waals surface area contributed by atoms with Crippen LogP contribution in [0.25, 0.3) is 130 Å². The molecule has 19 aromatic rings. The van der Waals surface area contributed by atoms with Gasteiger partial charge in [0.05, 0.1) is 5.41 Å². The molecular formula is C95H56O3. The average Bonchev–Trinajstić information content (AvgIpc) is 1.24. The molecule has 98 heavy (non-hydrogen) atoms. The van der Waals surface area contributed by atoms with Crippen LogP contribution < -0.4 is 9.47 Å². The van der Waals surface area contributed by atoms with Crippen molar-refractivity contribution in [2.75, 3.05) is 0 Å². The van der Waals surface area contributed by atoms with Gasteiger partial charge in [0, 0.05) is 72.0 Å². The van der Waals surface area contributed by atoms with Crippen LogP contribution >= 0.6 is 0 Å². The van der Waals surface area contributed by atoms with E-state index >= 15 is 0 Å². The summed E-state index contributed by atoms with van der Waals surface area (Å²) in [6.45, 7) is 0. The van der Waals surface area contributed by atoms with Gasteiger partial charge in [-0.25, -0.2) is 0 Å². The number of ether oxygens (including phenoxy) is 2. The minimum atomic E-state index is -0.599. The Hall–Kier alpha value is -12.6. The van der Waals surface area contributed by atoms with Gasteiger partial charge in [0.25, 0.3) is 0 Å². The molecular weight excluding hydrogens is 1190 g/mol. The fourth-order valence-corrected chi connectivity index (χ4v) is 18.5. The molecule has 0 fully saturated rings. The normalized spacial score (nSPS) is 14.4. The predicted octanol–water partition coefficient (Wildman–Crippen LogP) is 25.4. The van der Waals surface area contributed by atoms with Crippen molar-refractivity contribution in [3.63, 3.8) is 0 Å². The molecule has 0 saturated carbocycles. The van der Waals surface area contributed by atoms with Crippen LogP contribution in [0.2, 0.25) is 0 Å². The zero-order chi connectivity index (χ0) is 63.9. The smallest absolute Gasteiger partial charge is 0.140 e. The highest BCUT2D eigenvalue weighted by Crippen LogP contribution is 2.63. The van der Waals surface area contributed by atoms with Crippen LogP contribution in [0.3, 0.4) is 0 Å². The van der Waals surface area contributed by atoms with Gasteiger partial charge in [-0.1, -0.05) is 315 Å². The summed E-state index contributed by atoms with van der Waals surface area (Å²) in [7, 11) is 0. The summed E-state index contributed by atoms with van der Waals surface area (Å²) in [6, 6.07) is 121. The molecule has 0 saturated heterocycles. The van der Waals surface area contributed by atoms with E-state index in [4.69, 9.17) is 13.9 Å². The molecule has 1 unspecified atom stereocenters. The number of hydrogen-bond acceptors (Lipinski definition) is 3. The predicted molar refractivity (Wildman–Crippen MR) is 404 cm³/mol. The molecule has 1 aliphatic carbocycles. The van der Waals surface area contributed by atoms with E-state index in [0.29, 0.717) is 0 Å². The molecule has 3 aliphatic rings. The lowest BCUT2D eigenvalue weighted by molar-refractivity contribution is 0.467. The fraction of sp³-hybridized carbons (Fsp3) is 0.0316. The van der Waals surface area contributed by atoms with Gasteiger partial charge in [-0.05, 0) is 127 Å². The van der Waals surface area contributed by atoms with Gasteiger partial charge in [0.2, 0.25) is 0 Å². The summed E-state index contributed by atoms with van der Waals surface area (Å²) >= 11 is 0. The summed E-state index contributed by atoms with van der Waals surface area (Å²) in [5, 5.41) is 20.6. The zero-order valence-corrected chi connectivity index (χ0v) is 53.1. The highest BCUT2D eigenvalue weighted by Gasteiger charge is 2.47. The van der Waals surface area contributed by atoms with Gasteiger partial charge in [-0.2, -0.15) is 0 Å². The Labute approximate surface area is 564 Å². The number of para-hydroxylation sites is 1. The van der Waals surface area contributed by atoms with Crippen LogP contribution in [0.15, 0.2) is 332 Å². The Kier molecular flexibility index (Phi) is 11.1. The Morgan fingerprint density at radius 1 is 0.245 bits per heavy atom. The van der Waals surface area contributed by atoms with Crippen molar-refractivity contribution >= 4 is 108 Å². The molecule has 0 amide bonds. The Morgan fingerprint density at radius 2 is 0.633 bits per heavy atom. The van der Waals surface area contributed by atoms with Gasteiger partial charge < -0.3 is 13.9 Å². The first kappa shape index (κ1) is 53.8. The number of fused-ring (bicyclic) bond motifs is 30. The number of benzene rings is 18. The average molecular weight is 1250 g/mol. The van der Waals surface area contributed by atoms with Crippen LogP contribution in [-0.4, -0.2) is 0 Å². The van der Waals surface area contributed by atoms with Crippen LogP contribution in [0.5, 0.6) is 23.0 Å². The number of furan rings is 1. The molecule has 3 heterocycles. The summed E-state index contributed by atoms with van der Waals surface area (Å²) in [5.41, 5.74) is 17.7. The van der Waals surface area contributed by atoms with Crippen LogP contribution in [-0.2, 0) is 5.41 Å². The lowest BCUT2D eigenvalue weighted by Gasteiger charge is -2.36. The maximum atomic E-state index is 7.95. The van der Waals surface area contributed by atoms with Crippen molar-refractivity contribution in [3.05, 3.63) is 383 Å². The quantitative estimate of drug-likeness (QED) is 0.161. The van der Waals surface area contributed by atoms with E-state index in [0.717, 1.165) is 116 Å². The Bertz CT molecular complexity index is 6530. The standard InChI is InChI=1S/C95H56O3/c1-3-25-57(26-4-1)95(58-27-5-2-6-28-58)80-47-22-21-36-68(80)69-52-50-56(54-81(69)95)83-86-70-37-14-7-29-60(70)64-33-11-18-41-74(64)91(86)98-94-79-53-55(49-51-67(79)63-32-10-15-38-71(63)87(83)94)59-44-24-48-82-84(59)77-45-23-46-78(90(77)96-82)85-88-72-39-16-8-30-61(72)65-34-12-19-42-75(65)92(88)97-93-76-43-20-13-35-66(76)62-31-9-17-40-73(62)89(85)93/h1-54,83,85H. The molecule has 18 aromatic carbocycles. The maximum Gasteiger partial charge on any atom is 0.140 e. The van der Waals surface area contributed by atoms with Crippen molar-refractivity contribution in [2.45, 2.75) is 17.3 Å². The second-order valence-corrected chi connectivity index (χ2v) is 27.0. The first-order valence-electron chi connectivity index (χ1n) is 34.1. The molecule has 22 rings (SSSR count).